The van der Waals surface area contributed by atoms with E-state index in [4.69, 9.17) is 28.1 Å². The average molecular weight is 757 g/mol. The van der Waals surface area contributed by atoms with E-state index < -0.39 is 140 Å². The molecule has 20 heteroatoms. The van der Waals surface area contributed by atoms with Crippen molar-refractivity contribution in [1.82, 2.24) is 0 Å². The van der Waals surface area contributed by atoms with Crippen LogP contribution in [0.1, 0.15) is 11.7 Å². The van der Waals surface area contributed by atoms with Crippen LogP contribution in [-0.2, 0) is 14.2 Å². The lowest BCUT2D eigenvalue weighted by molar-refractivity contribution is -0.278. The molecule has 3 aromatic rings. The van der Waals surface area contributed by atoms with E-state index in [0.717, 1.165) is 12.1 Å². The van der Waals surface area contributed by atoms with Crippen LogP contribution in [0.2, 0.25) is 0 Å². The minimum Gasteiger partial charge on any atom is -0.506 e. The SMILES string of the molecule is O=c1cc(-c2ccc(O[C@@H]3O[C@H](CO)[C@@H](O)[C@H](O)[C@H]3O)cc2)oc2cc(O[C@@H]3O[C@H](CO)[C@@H](O)[C@H](O)[C@H]3O)c([C@@H]3O[C@H](CO)[C@@H](O)[C@H](O)[C@H]3O)c(O)c12. The van der Waals surface area contributed by atoms with Crippen LogP contribution in [-0.4, -0.2) is 172 Å². The molecule has 15 atom stereocenters. The second-order valence-electron chi connectivity index (χ2n) is 12.9. The van der Waals surface area contributed by atoms with Crippen molar-refractivity contribution in [1.29, 1.82) is 0 Å². The number of fused-ring (bicyclic) bond motifs is 1. The van der Waals surface area contributed by atoms with Crippen molar-refractivity contribution >= 4 is 11.0 Å². The molecule has 292 valence electrons. The molecule has 0 aliphatic carbocycles. The number of phenols is 1. The molecule has 1 aromatic heterocycles. The summed E-state index contributed by atoms with van der Waals surface area (Å²) >= 11 is 0. The Balaban J connectivity index is 1.38. The molecule has 0 saturated carbocycles. The van der Waals surface area contributed by atoms with E-state index in [1.165, 1.54) is 24.3 Å². The monoisotopic (exact) mass is 756 g/mol. The maximum atomic E-state index is 13.6. The van der Waals surface area contributed by atoms with Gasteiger partial charge in [0.2, 0.25) is 12.6 Å². The van der Waals surface area contributed by atoms with Gasteiger partial charge in [-0.05, 0) is 24.3 Å². The van der Waals surface area contributed by atoms with E-state index in [1.54, 1.807) is 0 Å². The summed E-state index contributed by atoms with van der Waals surface area (Å²) in [7, 11) is 0. The first-order valence-electron chi connectivity index (χ1n) is 16.4. The van der Waals surface area contributed by atoms with Gasteiger partial charge in [0.05, 0.1) is 25.4 Å². The van der Waals surface area contributed by atoms with E-state index in [0.29, 0.717) is 0 Å². The standard InChI is InChI=1S/C33H40O20/c34-7-16-21(38)25(42)28(45)31(50-16)20-15(51-33-30(47)27(44)23(40)18(9-36)53-33)6-14-19(24(20)41)12(37)5-13(49-14)10-1-3-11(4-2-10)48-32-29(46)26(43)22(39)17(8-35)52-32/h1-6,16-18,21-23,25-36,38-47H,7-9H2/t16-,17-,18-,21-,22-,23-,25+,26+,27+,28-,29-,30-,31+,32-,33-/m1/s1. The molecule has 0 unspecified atom stereocenters. The van der Waals surface area contributed by atoms with Gasteiger partial charge >= 0.3 is 0 Å². The first-order valence-corrected chi connectivity index (χ1v) is 16.4. The fourth-order valence-electron chi connectivity index (χ4n) is 6.44. The zero-order valence-corrected chi connectivity index (χ0v) is 27.4. The summed E-state index contributed by atoms with van der Waals surface area (Å²) in [6.07, 6.45) is -25.6. The first-order chi connectivity index (χ1) is 25.2. The Labute approximate surface area is 298 Å². The third-order valence-corrected chi connectivity index (χ3v) is 9.50. The van der Waals surface area contributed by atoms with Crippen molar-refractivity contribution in [3.8, 4) is 28.6 Å². The van der Waals surface area contributed by atoms with Gasteiger partial charge in [0.15, 0.2) is 5.43 Å². The van der Waals surface area contributed by atoms with Crippen molar-refractivity contribution < 1.29 is 94.5 Å². The highest BCUT2D eigenvalue weighted by molar-refractivity contribution is 5.88. The number of hydrogen-bond acceptors (Lipinski definition) is 20. The van der Waals surface area contributed by atoms with Crippen LogP contribution < -0.4 is 14.9 Å². The van der Waals surface area contributed by atoms with Crippen molar-refractivity contribution in [2.24, 2.45) is 0 Å². The normalized spacial score (nSPS) is 37.8. The quantitative estimate of drug-likeness (QED) is 0.0972. The molecule has 20 nitrogen and oxygen atoms in total. The second kappa shape index (κ2) is 15.7. The summed E-state index contributed by atoms with van der Waals surface area (Å²) in [5.41, 5.74) is -1.45. The van der Waals surface area contributed by atoms with Crippen molar-refractivity contribution in [3.05, 3.63) is 52.2 Å². The van der Waals surface area contributed by atoms with Crippen LogP contribution in [0.3, 0.4) is 0 Å². The van der Waals surface area contributed by atoms with Crippen LogP contribution in [0.4, 0.5) is 0 Å². The van der Waals surface area contributed by atoms with Crippen molar-refractivity contribution in [2.45, 2.75) is 91.9 Å². The van der Waals surface area contributed by atoms with Crippen LogP contribution >= 0.6 is 0 Å². The van der Waals surface area contributed by atoms with Crippen molar-refractivity contribution in [3.63, 3.8) is 0 Å². The molecule has 2 aromatic carbocycles. The van der Waals surface area contributed by atoms with E-state index >= 15 is 0 Å². The Bertz CT molecular complexity index is 1780. The van der Waals surface area contributed by atoms with E-state index in [2.05, 4.69) is 0 Å². The molecule has 3 fully saturated rings. The second-order valence-corrected chi connectivity index (χ2v) is 12.9. The first kappa shape index (κ1) is 39.2. The molecule has 0 amide bonds. The molecular weight excluding hydrogens is 716 g/mol. The van der Waals surface area contributed by atoms with Crippen LogP contribution in [0, 0.1) is 0 Å². The molecule has 3 saturated heterocycles. The summed E-state index contributed by atoms with van der Waals surface area (Å²) in [4.78, 5) is 13.6. The molecular formula is C33H40O20. The predicted molar refractivity (Wildman–Crippen MR) is 171 cm³/mol. The van der Waals surface area contributed by atoms with Crippen molar-refractivity contribution in [2.75, 3.05) is 19.8 Å². The Hall–Kier alpha value is -3.55. The summed E-state index contributed by atoms with van der Waals surface area (Å²) in [6.45, 7) is -2.34. The van der Waals surface area contributed by atoms with Gasteiger partial charge in [0, 0.05) is 17.7 Å². The average Bonchev–Trinajstić information content (AvgIpc) is 3.15. The fourth-order valence-corrected chi connectivity index (χ4v) is 6.44. The minimum atomic E-state index is -2.00. The molecule has 0 bridgehead atoms. The predicted octanol–water partition coefficient (Wildman–Crippen LogP) is -4.96. The van der Waals surface area contributed by atoms with E-state index in [9.17, 15) is 71.2 Å². The Kier molecular flexibility index (Phi) is 11.6. The lowest BCUT2D eigenvalue weighted by Crippen LogP contribution is -2.60. The largest absolute Gasteiger partial charge is 0.506 e. The molecule has 3 aliphatic rings. The van der Waals surface area contributed by atoms with Gasteiger partial charge in [-0.3, -0.25) is 4.79 Å². The lowest BCUT2D eigenvalue weighted by atomic mass is 9.89. The third-order valence-electron chi connectivity index (χ3n) is 9.50. The van der Waals surface area contributed by atoms with Gasteiger partial charge < -0.3 is 94.5 Å². The lowest BCUT2D eigenvalue weighted by Gasteiger charge is -2.42. The molecule has 13 N–H and O–H groups in total. The fraction of sp³-hybridized carbons (Fsp3) is 0.545. The summed E-state index contributed by atoms with van der Waals surface area (Å²) in [6, 6.07) is 7.66. The van der Waals surface area contributed by atoms with Gasteiger partial charge in [-0.2, -0.15) is 0 Å². The highest BCUT2D eigenvalue weighted by Crippen LogP contribution is 2.46. The number of hydrogen-bond donors (Lipinski definition) is 13. The highest BCUT2D eigenvalue weighted by Gasteiger charge is 2.49. The Morgan fingerprint density at radius 2 is 1.08 bits per heavy atom. The molecule has 3 aliphatic heterocycles. The molecule has 6 rings (SSSR count). The number of aliphatic hydroxyl groups excluding tert-OH is 12. The molecule has 4 heterocycles. The molecule has 53 heavy (non-hydrogen) atoms. The Morgan fingerprint density at radius 3 is 1.60 bits per heavy atom. The summed E-state index contributed by atoms with van der Waals surface area (Å²) in [5, 5.41) is 133. The minimum absolute atomic E-state index is 0.0827. The van der Waals surface area contributed by atoms with Gasteiger partial charge in [0.1, 0.15) is 113 Å². The third kappa shape index (κ3) is 7.21. The number of benzene rings is 2. The van der Waals surface area contributed by atoms with Crippen LogP contribution in [0.5, 0.6) is 17.2 Å². The zero-order valence-electron chi connectivity index (χ0n) is 27.4. The van der Waals surface area contributed by atoms with Gasteiger partial charge in [-0.25, -0.2) is 0 Å². The molecule has 0 radical (unpaired) electrons. The number of aliphatic hydroxyl groups is 12. The van der Waals surface area contributed by atoms with Gasteiger partial charge in [0.25, 0.3) is 0 Å². The number of rotatable bonds is 9. The Morgan fingerprint density at radius 1 is 0.585 bits per heavy atom. The topological polar surface area (TPSA) is 339 Å². The molecule has 0 spiro atoms. The summed E-state index contributed by atoms with van der Waals surface area (Å²) in [5.74, 6) is -1.42. The maximum absolute atomic E-state index is 13.6. The van der Waals surface area contributed by atoms with Crippen LogP contribution in [0.25, 0.3) is 22.3 Å². The summed E-state index contributed by atoms with van der Waals surface area (Å²) < 4.78 is 33.8. The maximum Gasteiger partial charge on any atom is 0.229 e. The van der Waals surface area contributed by atoms with E-state index in [-0.39, 0.29) is 22.7 Å². The number of phenolic OH excluding ortho intramolecular Hbond substituents is 1. The van der Waals surface area contributed by atoms with E-state index in [1.807, 2.05) is 0 Å². The van der Waals surface area contributed by atoms with Gasteiger partial charge in [-0.15, -0.1) is 0 Å². The zero-order chi connectivity index (χ0) is 38.5. The number of ether oxygens (including phenoxy) is 5. The van der Waals surface area contributed by atoms with Gasteiger partial charge in [-0.1, -0.05) is 0 Å². The van der Waals surface area contributed by atoms with Crippen LogP contribution in [0.15, 0.2) is 45.6 Å². The number of aromatic hydroxyl groups is 1. The highest BCUT2D eigenvalue weighted by atomic mass is 16.7. The smallest absolute Gasteiger partial charge is 0.229 e.